The first-order valence-corrected chi connectivity index (χ1v) is 8.91. The molecule has 146 valence electrons. The summed E-state index contributed by atoms with van der Waals surface area (Å²) in [7, 11) is 1.33. The van der Waals surface area contributed by atoms with E-state index in [2.05, 4.69) is 10.1 Å². The van der Waals surface area contributed by atoms with Gasteiger partial charge in [-0.05, 0) is 48.4 Å². The van der Waals surface area contributed by atoms with E-state index in [0.29, 0.717) is 28.4 Å². The third kappa shape index (κ3) is 5.71. The normalized spacial score (nSPS) is 10.1. The van der Waals surface area contributed by atoms with Crippen molar-refractivity contribution in [3.63, 3.8) is 0 Å². The van der Waals surface area contributed by atoms with Gasteiger partial charge >= 0.3 is 12.0 Å². The Labute approximate surface area is 168 Å². The smallest absolute Gasteiger partial charge is 0.326 e. The van der Waals surface area contributed by atoms with Gasteiger partial charge in [-0.1, -0.05) is 17.7 Å². The van der Waals surface area contributed by atoms with Gasteiger partial charge < -0.3 is 15.2 Å². The number of aliphatic hydroxyl groups is 1. The number of methoxy groups -OCH3 is 1. The lowest BCUT2D eigenvalue weighted by Gasteiger charge is -2.24. The van der Waals surface area contributed by atoms with Crippen LogP contribution < -0.4 is 10.2 Å². The number of hydrogen-bond acceptors (Lipinski definition) is 5. The number of aryl methyl sites for hydroxylation is 1. The third-order valence-electron chi connectivity index (χ3n) is 3.98. The summed E-state index contributed by atoms with van der Waals surface area (Å²) < 4.78 is 4.62. The molecule has 0 bridgehead atoms. The molecule has 0 saturated heterocycles. The second-order valence-corrected chi connectivity index (χ2v) is 6.26. The summed E-state index contributed by atoms with van der Waals surface area (Å²) in [6.07, 6.45) is 0.690. The number of hydrogen-bond donors (Lipinski definition) is 2. The van der Waals surface area contributed by atoms with E-state index in [0.717, 1.165) is 5.56 Å². The van der Waals surface area contributed by atoms with Crippen LogP contribution >= 0.6 is 11.6 Å². The van der Waals surface area contributed by atoms with Crippen molar-refractivity contribution in [1.29, 1.82) is 5.26 Å². The van der Waals surface area contributed by atoms with E-state index < -0.39 is 6.03 Å². The summed E-state index contributed by atoms with van der Waals surface area (Å²) in [5, 5.41) is 21.2. The van der Waals surface area contributed by atoms with Crippen LogP contribution in [-0.4, -0.2) is 37.4 Å². The topological polar surface area (TPSA) is 103 Å². The predicted octanol–water partition coefficient (Wildman–Crippen LogP) is 3.35. The molecule has 8 heteroatoms. The Morgan fingerprint density at radius 2 is 1.96 bits per heavy atom. The van der Waals surface area contributed by atoms with Crippen molar-refractivity contribution in [3.8, 4) is 6.07 Å². The highest BCUT2D eigenvalue weighted by Gasteiger charge is 2.18. The lowest BCUT2D eigenvalue weighted by Crippen LogP contribution is -2.37. The van der Waals surface area contributed by atoms with Gasteiger partial charge in [-0.25, -0.2) is 4.79 Å². The maximum Gasteiger partial charge on any atom is 0.326 e. The number of amides is 2. The minimum Gasteiger partial charge on any atom is -0.469 e. The number of carbonyl (C=O) groups excluding carboxylic acids is 2. The van der Waals surface area contributed by atoms with E-state index in [1.165, 1.54) is 12.0 Å². The van der Waals surface area contributed by atoms with Crippen LogP contribution in [0.1, 0.15) is 17.5 Å². The van der Waals surface area contributed by atoms with Crippen molar-refractivity contribution in [2.75, 3.05) is 30.5 Å². The fourth-order valence-electron chi connectivity index (χ4n) is 2.52. The standard InChI is InChI=1S/C20H20ClN3O4/c1-28-19(26)9-5-14-4-8-18(17(21)12-14)24(10-11-25)20(27)23-16-6-2-15(13-22)3-7-16/h2-4,6-8,12,25H,5,9-11H2,1H3,(H,23,27). The highest BCUT2D eigenvalue weighted by atomic mass is 35.5. The number of aliphatic hydroxyl groups excluding tert-OH is 1. The van der Waals surface area contributed by atoms with Crippen molar-refractivity contribution in [3.05, 3.63) is 58.6 Å². The molecule has 0 radical (unpaired) electrons. The molecule has 0 fully saturated rings. The number of anilines is 2. The summed E-state index contributed by atoms with van der Waals surface area (Å²) in [5.74, 6) is -0.316. The van der Waals surface area contributed by atoms with Gasteiger partial charge in [-0.15, -0.1) is 0 Å². The average Bonchev–Trinajstić information content (AvgIpc) is 2.71. The summed E-state index contributed by atoms with van der Waals surface area (Å²) in [4.78, 5) is 25.3. The molecular weight excluding hydrogens is 382 g/mol. The van der Waals surface area contributed by atoms with Crippen LogP contribution in [0.25, 0.3) is 0 Å². The van der Waals surface area contributed by atoms with Crippen LogP contribution in [0.15, 0.2) is 42.5 Å². The predicted molar refractivity (Wildman–Crippen MR) is 106 cm³/mol. The van der Waals surface area contributed by atoms with Gasteiger partial charge in [0.2, 0.25) is 0 Å². The quantitative estimate of drug-likeness (QED) is 0.692. The van der Waals surface area contributed by atoms with Gasteiger partial charge in [0, 0.05) is 12.1 Å². The molecule has 0 spiro atoms. The molecule has 0 saturated carbocycles. The fraction of sp³-hybridized carbons (Fsp3) is 0.250. The molecule has 0 aliphatic rings. The van der Waals surface area contributed by atoms with Crippen LogP contribution in [0.3, 0.4) is 0 Å². The molecule has 2 aromatic rings. The van der Waals surface area contributed by atoms with Gasteiger partial charge in [-0.3, -0.25) is 9.69 Å². The van der Waals surface area contributed by atoms with Gasteiger partial charge in [-0.2, -0.15) is 5.26 Å². The first-order valence-electron chi connectivity index (χ1n) is 8.53. The summed E-state index contributed by atoms with van der Waals surface area (Å²) >= 11 is 6.34. The molecule has 0 atom stereocenters. The van der Waals surface area contributed by atoms with Crippen LogP contribution in [-0.2, 0) is 16.0 Å². The number of ether oxygens (including phenoxy) is 1. The minimum absolute atomic E-state index is 0.0450. The maximum absolute atomic E-state index is 12.7. The molecule has 28 heavy (non-hydrogen) atoms. The SMILES string of the molecule is COC(=O)CCc1ccc(N(CCO)C(=O)Nc2ccc(C#N)cc2)c(Cl)c1. The van der Waals surface area contributed by atoms with Crippen molar-refractivity contribution >= 4 is 35.0 Å². The summed E-state index contributed by atoms with van der Waals surface area (Å²) in [6, 6.07) is 13.1. The van der Waals surface area contributed by atoms with Crippen molar-refractivity contribution < 1.29 is 19.4 Å². The zero-order valence-electron chi connectivity index (χ0n) is 15.3. The summed E-state index contributed by atoms with van der Waals surface area (Å²) in [5.41, 5.74) is 2.26. The molecule has 7 nitrogen and oxygen atoms in total. The van der Waals surface area contributed by atoms with E-state index in [9.17, 15) is 14.7 Å². The van der Waals surface area contributed by atoms with Crippen molar-refractivity contribution in [1.82, 2.24) is 0 Å². The summed E-state index contributed by atoms with van der Waals surface area (Å²) in [6.45, 7) is -0.204. The Balaban J connectivity index is 2.16. The molecule has 0 heterocycles. The molecule has 2 amide bonds. The Morgan fingerprint density at radius 3 is 2.54 bits per heavy atom. The number of benzene rings is 2. The zero-order valence-corrected chi connectivity index (χ0v) is 16.1. The number of esters is 1. The monoisotopic (exact) mass is 401 g/mol. The van der Waals surface area contributed by atoms with Gasteiger partial charge in [0.05, 0.1) is 42.6 Å². The zero-order chi connectivity index (χ0) is 20.5. The van der Waals surface area contributed by atoms with Crippen LogP contribution in [0.4, 0.5) is 16.2 Å². The highest BCUT2D eigenvalue weighted by molar-refractivity contribution is 6.34. The Bertz CT molecular complexity index is 878. The number of nitrogens with zero attached hydrogens (tertiary/aromatic N) is 2. The average molecular weight is 402 g/mol. The van der Waals surface area contributed by atoms with E-state index in [4.69, 9.17) is 16.9 Å². The van der Waals surface area contributed by atoms with Gasteiger partial charge in [0.1, 0.15) is 0 Å². The Kier molecular flexibility index (Phi) is 7.81. The van der Waals surface area contributed by atoms with E-state index in [-0.39, 0.29) is 25.5 Å². The van der Waals surface area contributed by atoms with E-state index in [1.54, 1.807) is 42.5 Å². The second-order valence-electron chi connectivity index (χ2n) is 5.86. The number of halogens is 1. The largest absolute Gasteiger partial charge is 0.469 e. The number of nitriles is 1. The second kappa shape index (κ2) is 10.3. The molecule has 0 aliphatic carbocycles. The van der Waals surface area contributed by atoms with Crippen LogP contribution in [0, 0.1) is 11.3 Å². The molecule has 2 rings (SSSR count). The number of carbonyl (C=O) groups is 2. The first-order chi connectivity index (χ1) is 13.5. The lowest BCUT2D eigenvalue weighted by atomic mass is 10.1. The first kappa shape index (κ1) is 21.2. The maximum atomic E-state index is 12.7. The van der Waals surface area contributed by atoms with Gasteiger partial charge in [0.15, 0.2) is 0 Å². The van der Waals surface area contributed by atoms with E-state index in [1.807, 2.05) is 6.07 Å². The Hall–Kier alpha value is -3.08. The molecule has 2 aromatic carbocycles. The number of urea groups is 1. The molecule has 0 aliphatic heterocycles. The van der Waals surface area contributed by atoms with Gasteiger partial charge in [0.25, 0.3) is 0 Å². The molecular formula is C20H20ClN3O4. The number of rotatable bonds is 7. The van der Waals surface area contributed by atoms with Crippen LogP contribution in [0.2, 0.25) is 5.02 Å². The van der Waals surface area contributed by atoms with Crippen molar-refractivity contribution in [2.45, 2.75) is 12.8 Å². The lowest BCUT2D eigenvalue weighted by molar-refractivity contribution is -0.140. The van der Waals surface area contributed by atoms with Crippen molar-refractivity contribution in [2.24, 2.45) is 0 Å². The molecule has 0 aromatic heterocycles. The third-order valence-corrected chi connectivity index (χ3v) is 4.29. The Morgan fingerprint density at radius 1 is 1.25 bits per heavy atom. The minimum atomic E-state index is -0.469. The van der Waals surface area contributed by atoms with Crippen LogP contribution in [0.5, 0.6) is 0 Å². The number of nitrogens with one attached hydrogen (secondary N) is 1. The molecule has 0 unspecified atom stereocenters. The highest BCUT2D eigenvalue weighted by Crippen LogP contribution is 2.28. The fourth-order valence-corrected chi connectivity index (χ4v) is 2.83. The molecule has 2 N–H and O–H groups in total. The van der Waals surface area contributed by atoms with E-state index >= 15 is 0 Å².